The Labute approximate surface area is 154 Å². The van der Waals surface area contributed by atoms with Gasteiger partial charge in [-0.25, -0.2) is 4.79 Å². The van der Waals surface area contributed by atoms with Crippen LogP contribution in [0.25, 0.3) is 0 Å². The van der Waals surface area contributed by atoms with Gasteiger partial charge in [-0.05, 0) is 42.9 Å². The summed E-state index contributed by atoms with van der Waals surface area (Å²) < 4.78 is 5.44. The van der Waals surface area contributed by atoms with Gasteiger partial charge in [0.1, 0.15) is 0 Å². The summed E-state index contributed by atoms with van der Waals surface area (Å²) in [7, 11) is 1.13. The highest BCUT2D eigenvalue weighted by Gasteiger charge is 2.22. The molecule has 3 rings (SSSR count). The second kappa shape index (κ2) is 7.53. The summed E-state index contributed by atoms with van der Waals surface area (Å²) in [6.07, 6.45) is 5.19. The topological polar surface area (TPSA) is 109 Å². The van der Waals surface area contributed by atoms with Crippen LogP contribution < -0.4 is 5.56 Å². The van der Waals surface area contributed by atoms with E-state index in [-0.39, 0.29) is 11.3 Å². The second-order valence-electron chi connectivity index (χ2n) is 6.41. The lowest BCUT2D eigenvalue weighted by Gasteiger charge is -2.16. The standard InChI is InChI=1S/C19H18N2O6/c1-27-19(24)15-9-16(21(25)26)18(23)20(10-15)11-17(22)14-7-6-12-4-2-3-5-13(12)8-14/h6-10H,2-5,11H2,1H3. The number of fused-ring (bicyclic) bond motifs is 1. The smallest absolute Gasteiger partial charge is 0.339 e. The minimum atomic E-state index is -0.945. The lowest BCUT2D eigenvalue weighted by atomic mass is 9.90. The van der Waals surface area contributed by atoms with Crippen molar-refractivity contribution in [3.05, 3.63) is 73.2 Å². The molecule has 0 unspecified atom stereocenters. The van der Waals surface area contributed by atoms with E-state index < -0.39 is 28.7 Å². The Morgan fingerprint density at radius 3 is 2.52 bits per heavy atom. The molecule has 0 saturated carbocycles. The predicted molar refractivity (Wildman–Crippen MR) is 96.1 cm³/mol. The van der Waals surface area contributed by atoms with E-state index in [9.17, 15) is 24.5 Å². The minimum absolute atomic E-state index is 0.165. The molecule has 8 heteroatoms. The number of nitrogens with zero attached hydrogens (tertiary/aromatic N) is 2. The third kappa shape index (κ3) is 3.79. The monoisotopic (exact) mass is 370 g/mol. The van der Waals surface area contributed by atoms with Crippen molar-refractivity contribution in [2.24, 2.45) is 0 Å². The van der Waals surface area contributed by atoms with Crippen molar-refractivity contribution in [3.63, 3.8) is 0 Å². The summed E-state index contributed by atoms with van der Waals surface area (Å²) in [6, 6.07) is 6.29. The highest BCUT2D eigenvalue weighted by molar-refractivity contribution is 5.96. The van der Waals surface area contributed by atoms with Crippen LogP contribution in [-0.4, -0.2) is 28.4 Å². The maximum atomic E-state index is 12.6. The van der Waals surface area contributed by atoms with Gasteiger partial charge in [-0.15, -0.1) is 0 Å². The molecule has 0 N–H and O–H groups in total. The molecule has 1 aromatic heterocycles. The van der Waals surface area contributed by atoms with Crippen LogP contribution >= 0.6 is 0 Å². The van der Waals surface area contributed by atoms with Gasteiger partial charge in [0.2, 0.25) is 0 Å². The summed E-state index contributed by atoms with van der Waals surface area (Å²) >= 11 is 0. The van der Waals surface area contributed by atoms with E-state index in [1.807, 2.05) is 12.1 Å². The second-order valence-corrected chi connectivity index (χ2v) is 6.41. The number of aromatic nitrogens is 1. The Morgan fingerprint density at radius 2 is 1.85 bits per heavy atom. The van der Waals surface area contributed by atoms with Crippen LogP contribution in [0.1, 0.15) is 44.7 Å². The van der Waals surface area contributed by atoms with Gasteiger partial charge in [0, 0.05) is 17.8 Å². The molecule has 27 heavy (non-hydrogen) atoms. The molecule has 1 heterocycles. The van der Waals surface area contributed by atoms with E-state index >= 15 is 0 Å². The molecule has 0 aliphatic heterocycles. The van der Waals surface area contributed by atoms with Gasteiger partial charge in [0.15, 0.2) is 5.78 Å². The van der Waals surface area contributed by atoms with Crippen molar-refractivity contribution in [3.8, 4) is 0 Å². The molecule has 1 aromatic carbocycles. The molecule has 1 aliphatic rings. The number of pyridine rings is 1. The zero-order chi connectivity index (χ0) is 19.6. The van der Waals surface area contributed by atoms with Gasteiger partial charge >= 0.3 is 17.2 Å². The van der Waals surface area contributed by atoms with Crippen molar-refractivity contribution in [2.45, 2.75) is 32.2 Å². The largest absolute Gasteiger partial charge is 0.465 e. The number of benzene rings is 1. The first kappa shape index (κ1) is 18.5. The average molecular weight is 370 g/mol. The van der Waals surface area contributed by atoms with Crippen molar-refractivity contribution in [1.82, 2.24) is 4.57 Å². The molecule has 0 spiro atoms. The number of ether oxygens (including phenoxy) is 1. The maximum Gasteiger partial charge on any atom is 0.339 e. The summed E-state index contributed by atoms with van der Waals surface area (Å²) in [5.74, 6) is -1.19. The number of methoxy groups -OCH3 is 1. The Kier molecular flexibility index (Phi) is 5.16. The van der Waals surface area contributed by atoms with E-state index in [0.29, 0.717) is 5.56 Å². The lowest BCUT2D eigenvalue weighted by molar-refractivity contribution is -0.386. The molecule has 1 aliphatic carbocycles. The number of aryl methyl sites for hydroxylation is 2. The zero-order valence-electron chi connectivity index (χ0n) is 14.8. The van der Waals surface area contributed by atoms with Crippen molar-refractivity contribution in [1.29, 1.82) is 0 Å². The summed E-state index contributed by atoms with van der Waals surface area (Å²) in [4.78, 5) is 46.9. The fourth-order valence-corrected chi connectivity index (χ4v) is 3.25. The number of carbonyl (C=O) groups is 2. The van der Waals surface area contributed by atoms with E-state index in [0.717, 1.165) is 55.2 Å². The Morgan fingerprint density at radius 1 is 1.15 bits per heavy atom. The summed E-state index contributed by atoms with van der Waals surface area (Å²) in [5, 5.41) is 11.1. The van der Waals surface area contributed by atoms with Gasteiger partial charge < -0.3 is 9.30 Å². The Bertz CT molecular complexity index is 992. The third-order valence-corrected chi connectivity index (χ3v) is 4.67. The van der Waals surface area contributed by atoms with E-state index in [4.69, 9.17) is 0 Å². The molecule has 2 aromatic rings. The summed E-state index contributed by atoms with van der Waals surface area (Å²) in [5.41, 5.74) is 0.887. The van der Waals surface area contributed by atoms with Crippen molar-refractivity contribution >= 4 is 17.4 Å². The molecule has 0 bridgehead atoms. The average Bonchev–Trinajstić information content (AvgIpc) is 2.68. The van der Waals surface area contributed by atoms with Gasteiger partial charge in [-0.2, -0.15) is 0 Å². The number of esters is 1. The molecule has 0 saturated heterocycles. The first-order valence-electron chi connectivity index (χ1n) is 8.53. The summed E-state index contributed by atoms with van der Waals surface area (Å²) in [6.45, 7) is -0.400. The highest BCUT2D eigenvalue weighted by atomic mass is 16.6. The normalized spacial score (nSPS) is 12.9. The van der Waals surface area contributed by atoms with Crippen LogP contribution in [0.15, 0.2) is 35.3 Å². The predicted octanol–water partition coefficient (Wildman–Crippen LogP) is 2.30. The zero-order valence-corrected chi connectivity index (χ0v) is 14.8. The molecule has 0 fully saturated rings. The number of Topliss-reactive ketones (excluding diaryl/α,β-unsaturated/α-hetero) is 1. The van der Waals surface area contributed by atoms with Gasteiger partial charge in [-0.3, -0.25) is 19.7 Å². The molecule has 0 atom stereocenters. The SMILES string of the molecule is COC(=O)c1cc([N+](=O)[O-])c(=O)n(CC(=O)c2ccc3c(c2)CCCC3)c1. The molecule has 0 amide bonds. The van der Waals surface area contributed by atoms with Crippen LogP contribution in [-0.2, 0) is 24.1 Å². The Hall–Kier alpha value is -3.29. The fourth-order valence-electron chi connectivity index (χ4n) is 3.25. The van der Waals surface area contributed by atoms with E-state index in [1.54, 1.807) is 6.07 Å². The fraction of sp³-hybridized carbons (Fsp3) is 0.316. The quantitative estimate of drug-likeness (QED) is 0.346. The van der Waals surface area contributed by atoms with Gasteiger partial charge in [0.05, 0.1) is 24.1 Å². The number of hydrogen-bond acceptors (Lipinski definition) is 6. The van der Waals surface area contributed by atoms with Crippen molar-refractivity contribution < 1.29 is 19.2 Å². The molecule has 8 nitrogen and oxygen atoms in total. The first-order chi connectivity index (χ1) is 12.9. The number of rotatable bonds is 5. The first-order valence-corrected chi connectivity index (χ1v) is 8.53. The van der Waals surface area contributed by atoms with Crippen LogP contribution in [0.3, 0.4) is 0 Å². The third-order valence-electron chi connectivity index (χ3n) is 4.67. The number of hydrogen-bond donors (Lipinski definition) is 0. The van der Waals surface area contributed by atoms with Crippen LogP contribution in [0.2, 0.25) is 0 Å². The van der Waals surface area contributed by atoms with Gasteiger partial charge in [0.25, 0.3) is 0 Å². The van der Waals surface area contributed by atoms with Crippen LogP contribution in [0, 0.1) is 10.1 Å². The minimum Gasteiger partial charge on any atom is -0.465 e. The lowest BCUT2D eigenvalue weighted by Crippen LogP contribution is -2.27. The molecular weight excluding hydrogens is 352 g/mol. The number of nitro groups is 1. The van der Waals surface area contributed by atoms with Crippen LogP contribution in [0.4, 0.5) is 5.69 Å². The van der Waals surface area contributed by atoms with Crippen molar-refractivity contribution in [2.75, 3.05) is 7.11 Å². The van der Waals surface area contributed by atoms with Gasteiger partial charge in [-0.1, -0.05) is 12.1 Å². The van der Waals surface area contributed by atoms with E-state index in [2.05, 4.69) is 4.74 Å². The number of carbonyl (C=O) groups excluding carboxylic acids is 2. The number of ketones is 1. The Balaban J connectivity index is 1.95. The molecule has 140 valence electrons. The highest BCUT2D eigenvalue weighted by Crippen LogP contribution is 2.22. The van der Waals surface area contributed by atoms with Crippen LogP contribution in [0.5, 0.6) is 0 Å². The maximum absolute atomic E-state index is 12.6. The molecule has 0 radical (unpaired) electrons. The molecular formula is C19H18N2O6. The van der Waals surface area contributed by atoms with E-state index in [1.165, 1.54) is 5.56 Å².